The molecule has 0 bridgehead atoms. The first-order valence-corrected chi connectivity index (χ1v) is 5.75. The normalized spacial score (nSPS) is 12.2. The van der Waals surface area contributed by atoms with Crippen molar-refractivity contribution in [1.82, 2.24) is 10.3 Å². The molecule has 1 unspecified atom stereocenters. The van der Waals surface area contributed by atoms with E-state index < -0.39 is 0 Å². The number of rotatable bonds is 5. The van der Waals surface area contributed by atoms with E-state index >= 15 is 0 Å². The molecular weight excluding hydrogens is 242 g/mol. The Hall–Kier alpha value is -1.33. The van der Waals surface area contributed by atoms with Crippen LogP contribution in [0.5, 0.6) is 0 Å². The lowest BCUT2D eigenvalue weighted by Gasteiger charge is -2.13. The minimum Gasteiger partial charge on any atom is -0.397 e. The number of hydrogen-bond acceptors (Lipinski definition) is 4. The molecule has 1 rings (SSSR count). The van der Waals surface area contributed by atoms with Gasteiger partial charge in [0.1, 0.15) is 5.15 Å². The molecule has 4 N–H and O–H groups in total. The summed E-state index contributed by atoms with van der Waals surface area (Å²) in [5.74, 6) is -0.305. The zero-order valence-electron chi connectivity index (χ0n) is 9.61. The molecule has 1 heterocycles. The number of pyridine rings is 1. The van der Waals surface area contributed by atoms with Crippen LogP contribution in [0.25, 0.3) is 0 Å². The van der Waals surface area contributed by atoms with Crippen LogP contribution in [-0.2, 0) is 0 Å². The van der Waals surface area contributed by atoms with Gasteiger partial charge in [0.2, 0.25) is 0 Å². The van der Waals surface area contributed by atoms with Gasteiger partial charge in [0.05, 0.1) is 17.4 Å². The van der Waals surface area contributed by atoms with Crippen LogP contribution in [0.2, 0.25) is 5.15 Å². The molecule has 6 heteroatoms. The number of aliphatic hydroxyl groups is 1. The zero-order chi connectivity index (χ0) is 12.8. The van der Waals surface area contributed by atoms with Gasteiger partial charge >= 0.3 is 0 Å². The Morgan fingerprint density at radius 1 is 1.71 bits per heavy atom. The Morgan fingerprint density at radius 2 is 2.41 bits per heavy atom. The molecular formula is C11H16ClN3O2. The fourth-order valence-electron chi connectivity index (χ4n) is 1.39. The van der Waals surface area contributed by atoms with Crippen LogP contribution in [0, 0.1) is 0 Å². The van der Waals surface area contributed by atoms with Gasteiger partial charge in [0, 0.05) is 12.6 Å². The number of carbonyl (C=O) groups is 1. The van der Waals surface area contributed by atoms with Gasteiger partial charge in [-0.05, 0) is 25.8 Å². The maximum atomic E-state index is 11.8. The summed E-state index contributed by atoms with van der Waals surface area (Å²) < 4.78 is 0. The minimum atomic E-state index is -0.305. The first-order chi connectivity index (χ1) is 8.04. The Morgan fingerprint density at radius 3 is 3.06 bits per heavy atom. The highest BCUT2D eigenvalue weighted by atomic mass is 35.5. The summed E-state index contributed by atoms with van der Waals surface area (Å²) in [7, 11) is 0. The Bertz CT molecular complexity index is 398. The van der Waals surface area contributed by atoms with Gasteiger partial charge in [0.25, 0.3) is 5.91 Å². The van der Waals surface area contributed by atoms with Gasteiger partial charge in [0.15, 0.2) is 0 Å². The highest BCUT2D eigenvalue weighted by Gasteiger charge is 2.14. The molecule has 17 heavy (non-hydrogen) atoms. The third-order valence-corrected chi connectivity index (χ3v) is 2.58. The topological polar surface area (TPSA) is 88.2 Å². The van der Waals surface area contributed by atoms with Crippen molar-refractivity contribution in [3.05, 3.63) is 23.0 Å². The van der Waals surface area contributed by atoms with Crippen LogP contribution < -0.4 is 11.1 Å². The van der Waals surface area contributed by atoms with Crippen LogP contribution in [-0.4, -0.2) is 28.6 Å². The van der Waals surface area contributed by atoms with Gasteiger partial charge in [-0.3, -0.25) is 4.79 Å². The zero-order valence-corrected chi connectivity index (χ0v) is 10.4. The van der Waals surface area contributed by atoms with E-state index in [0.29, 0.717) is 18.5 Å². The van der Waals surface area contributed by atoms with Crippen molar-refractivity contribution >= 4 is 23.2 Å². The monoisotopic (exact) mass is 257 g/mol. The summed E-state index contributed by atoms with van der Waals surface area (Å²) >= 11 is 5.81. The molecule has 94 valence electrons. The number of nitrogens with two attached hydrogens (primary N) is 1. The molecule has 0 saturated carbocycles. The number of anilines is 1. The smallest absolute Gasteiger partial charge is 0.254 e. The lowest BCUT2D eigenvalue weighted by Crippen LogP contribution is -2.33. The first kappa shape index (κ1) is 13.7. The van der Waals surface area contributed by atoms with Gasteiger partial charge in [-0.25, -0.2) is 4.98 Å². The lowest BCUT2D eigenvalue weighted by molar-refractivity contribution is 0.0936. The summed E-state index contributed by atoms with van der Waals surface area (Å²) in [6.45, 7) is 1.97. The van der Waals surface area contributed by atoms with E-state index in [1.54, 1.807) is 0 Å². The Balaban J connectivity index is 2.66. The van der Waals surface area contributed by atoms with E-state index in [1.165, 1.54) is 12.3 Å². The summed E-state index contributed by atoms with van der Waals surface area (Å²) in [6, 6.07) is 1.45. The highest BCUT2D eigenvalue weighted by Crippen LogP contribution is 2.15. The van der Waals surface area contributed by atoms with Crippen molar-refractivity contribution in [2.45, 2.75) is 25.8 Å². The van der Waals surface area contributed by atoms with Crippen molar-refractivity contribution in [1.29, 1.82) is 0 Å². The summed E-state index contributed by atoms with van der Waals surface area (Å²) in [6.07, 6.45) is 2.74. The highest BCUT2D eigenvalue weighted by molar-refractivity contribution is 6.32. The maximum absolute atomic E-state index is 11.8. The van der Waals surface area contributed by atoms with Crippen LogP contribution in [0.3, 0.4) is 0 Å². The summed E-state index contributed by atoms with van der Waals surface area (Å²) in [5, 5.41) is 11.6. The van der Waals surface area contributed by atoms with E-state index in [0.717, 1.165) is 0 Å². The SMILES string of the molecule is CC(CCCO)NC(=O)c1cc(N)cnc1Cl. The van der Waals surface area contributed by atoms with Gasteiger partial charge in [-0.1, -0.05) is 11.6 Å². The van der Waals surface area contributed by atoms with E-state index in [2.05, 4.69) is 10.3 Å². The molecule has 0 aromatic carbocycles. The second kappa shape index (κ2) is 6.42. The summed E-state index contributed by atoms with van der Waals surface area (Å²) in [4.78, 5) is 15.6. The average Bonchev–Trinajstić information content (AvgIpc) is 2.29. The fourth-order valence-corrected chi connectivity index (χ4v) is 1.58. The Kier molecular flexibility index (Phi) is 5.18. The van der Waals surface area contributed by atoms with Crippen LogP contribution >= 0.6 is 11.6 Å². The number of nitrogens with one attached hydrogen (secondary N) is 1. The largest absolute Gasteiger partial charge is 0.397 e. The summed E-state index contributed by atoms with van der Waals surface area (Å²) in [5.41, 5.74) is 6.20. The van der Waals surface area contributed by atoms with E-state index in [1.807, 2.05) is 6.92 Å². The molecule has 1 aromatic heterocycles. The second-order valence-corrected chi connectivity index (χ2v) is 4.21. The molecule has 0 spiro atoms. The number of aliphatic hydroxyl groups excluding tert-OH is 1. The number of hydrogen-bond donors (Lipinski definition) is 3. The Labute approximate surface area is 105 Å². The van der Waals surface area contributed by atoms with Gasteiger partial charge < -0.3 is 16.2 Å². The fraction of sp³-hybridized carbons (Fsp3) is 0.455. The third-order valence-electron chi connectivity index (χ3n) is 2.28. The molecule has 0 aliphatic carbocycles. The van der Waals surface area contributed by atoms with Crippen molar-refractivity contribution in [3.63, 3.8) is 0 Å². The van der Waals surface area contributed by atoms with Crippen molar-refractivity contribution in [2.75, 3.05) is 12.3 Å². The lowest BCUT2D eigenvalue weighted by atomic mass is 10.1. The molecule has 0 saturated heterocycles. The third kappa shape index (κ3) is 4.20. The predicted molar refractivity (Wildman–Crippen MR) is 66.9 cm³/mol. The van der Waals surface area contributed by atoms with Crippen molar-refractivity contribution < 1.29 is 9.90 Å². The maximum Gasteiger partial charge on any atom is 0.254 e. The molecule has 5 nitrogen and oxygen atoms in total. The molecule has 1 amide bonds. The van der Waals surface area contributed by atoms with Gasteiger partial charge in [-0.2, -0.15) is 0 Å². The first-order valence-electron chi connectivity index (χ1n) is 5.37. The number of nitrogens with zero attached hydrogens (tertiary/aromatic N) is 1. The molecule has 1 aromatic rings. The minimum absolute atomic E-state index is 0.0350. The number of amides is 1. The van der Waals surface area contributed by atoms with Crippen LogP contribution in [0.1, 0.15) is 30.1 Å². The molecule has 0 radical (unpaired) electrons. The van der Waals surface area contributed by atoms with Crippen molar-refractivity contribution in [3.8, 4) is 0 Å². The molecule has 0 aliphatic rings. The molecule has 0 fully saturated rings. The van der Waals surface area contributed by atoms with Crippen LogP contribution in [0.4, 0.5) is 5.69 Å². The number of aromatic nitrogens is 1. The van der Waals surface area contributed by atoms with E-state index in [-0.39, 0.29) is 29.3 Å². The van der Waals surface area contributed by atoms with E-state index in [9.17, 15) is 4.79 Å². The second-order valence-electron chi connectivity index (χ2n) is 3.85. The standard InChI is InChI=1S/C11H16ClN3O2/c1-7(3-2-4-16)15-11(17)9-5-8(13)6-14-10(9)12/h5-7,16H,2-4,13H2,1H3,(H,15,17). The number of halogens is 1. The number of carbonyl (C=O) groups excluding carboxylic acids is 1. The van der Waals surface area contributed by atoms with Gasteiger partial charge in [-0.15, -0.1) is 0 Å². The molecule has 1 atom stereocenters. The molecule has 0 aliphatic heterocycles. The average molecular weight is 258 g/mol. The quantitative estimate of drug-likeness (QED) is 0.692. The van der Waals surface area contributed by atoms with Crippen LogP contribution in [0.15, 0.2) is 12.3 Å². The van der Waals surface area contributed by atoms with Crippen molar-refractivity contribution in [2.24, 2.45) is 0 Å². The predicted octanol–water partition coefficient (Wildman–Crippen LogP) is 1.21. The van der Waals surface area contributed by atoms with E-state index in [4.69, 9.17) is 22.4 Å². The number of nitrogen functional groups attached to an aromatic ring is 1.